The highest BCUT2D eigenvalue weighted by Crippen LogP contribution is 2.35. The number of likely N-dealkylation sites (tertiary alicyclic amines) is 1. The molecule has 1 aliphatic heterocycles. The van der Waals surface area contributed by atoms with Gasteiger partial charge in [0.05, 0.1) is 17.7 Å². The number of fused-ring (bicyclic) bond motifs is 1. The number of hydrogen-bond donors (Lipinski definition) is 1. The van der Waals surface area contributed by atoms with Crippen LogP contribution in [0.25, 0.3) is 0 Å². The topological polar surface area (TPSA) is 56.5 Å². The fourth-order valence-electron chi connectivity index (χ4n) is 4.01. The van der Waals surface area contributed by atoms with Crippen molar-refractivity contribution >= 4 is 0 Å². The molecule has 2 aliphatic rings. The summed E-state index contributed by atoms with van der Waals surface area (Å²) in [5.41, 5.74) is 3.01. The van der Waals surface area contributed by atoms with Crippen LogP contribution in [-0.4, -0.2) is 35.2 Å². The van der Waals surface area contributed by atoms with Crippen molar-refractivity contribution in [1.82, 2.24) is 4.90 Å². The zero-order valence-electron chi connectivity index (χ0n) is 14.1. The van der Waals surface area contributed by atoms with Gasteiger partial charge in [0.25, 0.3) is 0 Å². The third kappa shape index (κ3) is 3.26. The molecule has 0 spiro atoms. The zero-order chi connectivity index (χ0) is 17.2. The van der Waals surface area contributed by atoms with E-state index in [0.29, 0.717) is 5.56 Å². The quantitative estimate of drug-likeness (QED) is 0.937. The first-order valence-electron chi connectivity index (χ1n) is 8.91. The van der Waals surface area contributed by atoms with E-state index in [4.69, 9.17) is 10.00 Å². The molecule has 0 bridgehead atoms. The SMILES string of the molecule is N#Cc1ccc(OC2CCN([C@@H]3Cc4ccccc4[C@@H]3O)CC2)cc1. The lowest BCUT2D eigenvalue weighted by molar-refractivity contribution is 0.0215. The average molecular weight is 334 g/mol. The van der Waals surface area contributed by atoms with Crippen LogP contribution in [0.4, 0.5) is 0 Å². The van der Waals surface area contributed by atoms with Gasteiger partial charge < -0.3 is 9.84 Å². The Hall–Kier alpha value is -2.35. The molecule has 1 saturated heterocycles. The Morgan fingerprint density at radius 1 is 1.04 bits per heavy atom. The first-order chi connectivity index (χ1) is 12.2. The van der Waals surface area contributed by atoms with Crippen LogP contribution in [0.2, 0.25) is 0 Å². The molecule has 2 atom stereocenters. The predicted octanol–water partition coefficient (Wildman–Crippen LogP) is 3.06. The van der Waals surface area contributed by atoms with Crippen molar-refractivity contribution in [2.24, 2.45) is 0 Å². The lowest BCUT2D eigenvalue weighted by Gasteiger charge is -2.37. The number of rotatable bonds is 3. The van der Waals surface area contributed by atoms with E-state index in [2.05, 4.69) is 17.0 Å². The van der Waals surface area contributed by atoms with Crippen LogP contribution < -0.4 is 4.74 Å². The standard InChI is InChI=1S/C21H22N2O2/c22-14-15-5-7-17(8-6-15)25-18-9-11-23(12-10-18)20-13-16-3-1-2-4-19(16)21(20)24/h1-8,18,20-21,24H,9-13H2/t20-,21+/m1/s1. The van der Waals surface area contributed by atoms with Gasteiger partial charge in [0.1, 0.15) is 11.9 Å². The second-order valence-electron chi connectivity index (χ2n) is 6.90. The van der Waals surface area contributed by atoms with Gasteiger partial charge in [-0.05, 0) is 54.7 Å². The maximum Gasteiger partial charge on any atom is 0.119 e. The molecule has 4 heteroatoms. The number of piperidine rings is 1. The highest BCUT2D eigenvalue weighted by atomic mass is 16.5. The Kier molecular flexibility index (Phi) is 4.44. The Morgan fingerprint density at radius 3 is 2.44 bits per heavy atom. The third-order valence-corrected chi connectivity index (χ3v) is 5.40. The van der Waals surface area contributed by atoms with E-state index in [9.17, 15) is 5.11 Å². The number of hydrogen-bond acceptors (Lipinski definition) is 4. The summed E-state index contributed by atoms with van der Waals surface area (Å²) in [6.45, 7) is 1.88. The van der Waals surface area contributed by atoms with Crippen LogP contribution in [-0.2, 0) is 6.42 Å². The van der Waals surface area contributed by atoms with Gasteiger partial charge in [-0.2, -0.15) is 5.26 Å². The maximum absolute atomic E-state index is 10.6. The predicted molar refractivity (Wildman–Crippen MR) is 95.3 cm³/mol. The molecular formula is C21H22N2O2. The molecule has 25 heavy (non-hydrogen) atoms. The molecule has 128 valence electrons. The largest absolute Gasteiger partial charge is 0.490 e. The summed E-state index contributed by atoms with van der Waals surface area (Å²) in [7, 11) is 0. The van der Waals surface area contributed by atoms with Crippen LogP contribution in [0.5, 0.6) is 5.75 Å². The van der Waals surface area contributed by atoms with Gasteiger partial charge in [-0.1, -0.05) is 24.3 Å². The van der Waals surface area contributed by atoms with Crippen molar-refractivity contribution in [3.63, 3.8) is 0 Å². The lowest BCUT2D eigenvalue weighted by atomic mass is 10.0. The van der Waals surface area contributed by atoms with Crippen LogP contribution in [0.1, 0.15) is 35.6 Å². The van der Waals surface area contributed by atoms with E-state index in [1.54, 1.807) is 12.1 Å². The van der Waals surface area contributed by atoms with E-state index in [1.165, 1.54) is 5.56 Å². The second-order valence-corrected chi connectivity index (χ2v) is 6.90. The van der Waals surface area contributed by atoms with Gasteiger partial charge in [-0.15, -0.1) is 0 Å². The van der Waals surface area contributed by atoms with E-state index >= 15 is 0 Å². The monoisotopic (exact) mass is 334 g/mol. The molecule has 4 nitrogen and oxygen atoms in total. The molecule has 0 saturated carbocycles. The molecule has 1 N–H and O–H groups in total. The Bertz CT molecular complexity index is 773. The molecule has 2 aromatic rings. The van der Waals surface area contributed by atoms with Gasteiger partial charge in [-0.25, -0.2) is 0 Å². The summed E-state index contributed by atoms with van der Waals surface area (Å²) >= 11 is 0. The first-order valence-corrected chi connectivity index (χ1v) is 8.91. The molecule has 0 radical (unpaired) electrons. The van der Waals surface area contributed by atoms with E-state index in [0.717, 1.165) is 43.7 Å². The van der Waals surface area contributed by atoms with Crippen molar-refractivity contribution in [1.29, 1.82) is 5.26 Å². The minimum Gasteiger partial charge on any atom is -0.490 e. The fraction of sp³-hybridized carbons (Fsp3) is 0.381. The number of nitrogens with zero attached hydrogens (tertiary/aromatic N) is 2. The van der Waals surface area contributed by atoms with E-state index in [1.807, 2.05) is 30.3 Å². The molecule has 1 aliphatic carbocycles. The van der Waals surface area contributed by atoms with Crippen LogP contribution in [0.3, 0.4) is 0 Å². The summed E-state index contributed by atoms with van der Waals surface area (Å²) in [4.78, 5) is 2.41. The molecule has 1 fully saturated rings. The van der Waals surface area contributed by atoms with Crippen molar-refractivity contribution in [2.75, 3.05) is 13.1 Å². The lowest BCUT2D eigenvalue weighted by Crippen LogP contribution is -2.45. The van der Waals surface area contributed by atoms with Crippen molar-refractivity contribution in [3.8, 4) is 11.8 Å². The van der Waals surface area contributed by atoms with Gasteiger partial charge in [0, 0.05) is 19.1 Å². The van der Waals surface area contributed by atoms with Gasteiger partial charge >= 0.3 is 0 Å². The van der Waals surface area contributed by atoms with Crippen molar-refractivity contribution in [2.45, 2.75) is 37.5 Å². The summed E-state index contributed by atoms with van der Waals surface area (Å²) in [5.74, 6) is 0.825. The number of aliphatic hydroxyl groups is 1. The Morgan fingerprint density at radius 2 is 1.76 bits per heavy atom. The fourth-order valence-corrected chi connectivity index (χ4v) is 4.01. The summed E-state index contributed by atoms with van der Waals surface area (Å²) in [6, 6.07) is 17.8. The summed E-state index contributed by atoms with van der Waals surface area (Å²) in [5, 5.41) is 19.5. The van der Waals surface area contributed by atoms with Crippen molar-refractivity contribution in [3.05, 3.63) is 65.2 Å². The first kappa shape index (κ1) is 16.1. The number of aliphatic hydroxyl groups excluding tert-OH is 1. The number of benzene rings is 2. The number of nitriles is 1. The van der Waals surface area contributed by atoms with Gasteiger partial charge in [0.2, 0.25) is 0 Å². The third-order valence-electron chi connectivity index (χ3n) is 5.40. The Labute approximate surface area is 148 Å². The molecular weight excluding hydrogens is 312 g/mol. The highest BCUT2D eigenvalue weighted by molar-refractivity contribution is 5.36. The Balaban J connectivity index is 1.34. The molecule has 4 rings (SSSR count). The van der Waals surface area contributed by atoms with Crippen LogP contribution in [0.15, 0.2) is 48.5 Å². The average Bonchev–Trinajstić information content (AvgIpc) is 3.00. The summed E-state index contributed by atoms with van der Waals surface area (Å²) < 4.78 is 6.06. The second kappa shape index (κ2) is 6.87. The normalized spacial score (nSPS) is 23.8. The molecule has 0 amide bonds. The highest BCUT2D eigenvalue weighted by Gasteiger charge is 2.36. The van der Waals surface area contributed by atoms with Gasteiger partial charge in [-0.3, -0.25) is 4.90 Å². The van der Waals surface area contributed by atoms with Crippen LogP contribution in [0, 0.1) is 11.3 Å². The van der Waals surface area contributed by atoms with Gasteiger partial charge in [0.15, 0.2) is 0 Å². The molecule has 1 heterocycles. The van der Waals surface area contributed by atoms with Crippen LogP contribution >= 0.6 is 0 Å². The molecule has 2 aromatic carbocycles. The zero-order valence-corrected chi connectivity index (χ0v) is 14.1. The minimum absolute atomic E-state index is 0.188. The molecule has 0 aromatic heterocycles. The molecule has 0 unspecified atom stereocenters. The smallest absolute Gasteiger partial charge is 0.119 e. The summed E-state index contributed by atoms with van der Waals surface area (Å²) in [6.07, 6.45) is 2.66. The number of ether oxygens (including phenoxy) is 1. The maximum atomic E-state index is 10.6. The van der Waals surface area contributed by atoms with E-state index in [-0.39, 0.29) is 18.2 Å². The van der Waals surface area contributed by atoms with E-state index < -0.39 is 0 Å². The minimum atomic E-state index is -0.382. The van der Waals surface area contributed by atoms with Crippen molar-refractivity contribution < 1.29 is 9.84 Å².